The number of hydrogen-bond donors (Lipinski definition) is 2. The molecule has 1 aliphatic rings. The minimum absolute atomic E-state index is 1.04. The second kappa shape index (κ2) is 1.61. The van der Waals surface area contributed by atoms with Gasteiger partial charge in [0.15, 0.2) is 0 Å². The third-order valence-electron chi connectivity index (χ3n) is 1.92. The van der Waals surface area contributed by atoms with E-state index in [2.05, 4.69) is 23.4 Å². The van der Waals surface area contributed by atoms with Gasteiger partial charge in [-0.25, -0.2) is 0 Å². The SMILES string of the molecule is Cc1[nH]cc2c1CNC2. The van der Waals surface area contributed by atoms with Crippen molar-refractivity contribution in [2.75, 3.05) is 0 Å². The first-order chi connectivity index (χ1) is 4.38. The summed E-state index contributed by atoms with van der Waals surface area (Å²) in [6.07, 6.45) is 2.09. The van der Waals surface area contributed by atoms with Gasteiger partial charge in [0.2, 0.25) is 0 Å². The van der Waals surface area contributed by atoms with Gasteiger partial charge in [-0.2, -0.15) is 0 Å². The fourth-order valence-electron chi connectivity index (χ4n) is 1.34. The summed E-state index contributed by atoms with van der Waals surface area (Å²) < 4.78 is 0. The number of H-pyrrole nitrogens is 1. The van der Waals surface area contributed by atoms with Gasteiger partial charge >= 0.3 is 0 Å². The highest BCUT2D eigenvalue weighted by molar-refractivity contribution is 5.32. The molecule has 9 heavy (non-hydrogen) atoms. The third kappa shape index (κ3) is 0.598. The van der Waals surface area contributed by atoms with Gasteiger partial charge in [0, 0.05) is 25.0 Å². The first-order valence-corrected chi connectivity index (χ1v) is 3.24. The first-order valence-electron chi connectivity index (χ1n) is 3.24. The minimum Gasteiger partial charge on any atom is -0.365 e. The van der Waals surface area contributed by atoms with Gasteiger partial charge in [-0.3, -0.25) is 0 Å². The Kier molecular flexibility index (Phi) is 0.904. The summed E-state index contributed by atoms with van der Waals surface area (Å²) in [5.41, 5.74) is 4.22. The van der Waals surface area contributed by atoms with E-state index in [1.807, 2.05) is 0 Å². The van der Waals surface area contributed by atoms with Crippen molar-refractivity contribution in [3.63, 3.8) is 0 Å². The second-order valence-corrected chi connectivity index (χ2v) is 2.52. The van der Waals surface area contributed by atoms with E-state index in [-0.39, 0.29) is 0 Å². The third-order valence-corrected chi connectivity index (χ3v) is 1.92. The van der Waals surface area contributed by atoms with Gasteiger partial charge < -0.3 is 10.3 Å². The van der Waals surface area contributed by atoms with Gasteiger partial charge in [-0.05, 0) is 18.1 Å². The normalized spacial score (nSPS) is 16.1. The van der Waals surface area contributed by atoms with Crippen LogP contribution in [0.15, 0.2) is 6.20 Å². The Morgan fingerprint density at radius 3 is 3.11 bits per heavy atom. The molecule has 0 saturated carbocycles. The number of fused-ring (bicyclic) bond motifs is 1. The van der Waals surface area contributed by atoms with Gasteiger partial charge in [0.1, 0.15) is 0 Å². The maximum Gasteiger partial charge on any atom is 0.0229 e. The van der Waals surface area contributed by atoms with Crippen LogP contribution in [0.25, 0.3) is 0 Å². The van der Waals surface area contributed by atoms with Crippen LogP contribution in [0.2, 0.25) is 0 Å². The van der Waals surface area contributed by atoms with Crippen molar-refractivity contribution < 1.29 is 0 Å². The maximum atomic E-state index is 3.29. The van der Waals surface area contributed by atoms with Crippen LogP contribution in [0, 0.1) is 6.92 Å². The van der Waals surface area contributed by atoms with E-state index in [1.54, 1.807) is 0 Å². The van der Waals surface area contributed by atoms with Crippen molar-refractivity contribution in [1.29, 1.82) is 0 Å². The zero-order chi connectivity index (χ0) is 6.27. The standard InChI is InChI=1S/C7H10N2/c1-5-7-4-8-2-6(7)3-9-5/h3,8-9H,2,4H2,1H3. The summed E-state index contributed by atoms with van der Waals surface area (Å²) >= 11 is 0. The monoisotopic (exact) mass is 122 g/mol. The number of nitrogens with one attached hydrogen (secondary N) is 2. The Hall–Kier alpha value is -0.760. The lowest BCUT2D eigenvalue weighted by atomic mass is 10.2. The first kappa shape index (κ1) is 5.06. The zero-order valence-corrected chi connectivity index (χ0v) is 5.49. The van der Waals surface area contributed by atoms with Crippen molar-refractivity contribution in [2.45, 2.75) is 20.0 Å². The molecule has 0 atom stereocenters. The predicted octanol–water partition coefficient (Wildman–Crippen LogP) is 0.926. The average molecular weight is 122 g/mol. The van der Waals surface area contributed by atoms with Crippen molar-refractivity contribution in [1.82, 2.24) is 10.3 Å². The second-order valence-electron chi connectivity index (χ2n) is 2.52. The molecular weight excluding hydrogens is 112 g/mol. The van der Waals surface area contributed by atoms with Crippen LogP contribution in [0.1, 0.15) is 16.8 Å². The lowest BCUT2D eigenvalue weighted by Gasteiger charge is -1.89. The van der Waals surface area contributed by atoms with Crippen molar-refractivity contribution in [2.24, 2.45) is 0 Å². The highest BCUT2D eigenvalue weighted by Crippen LogP contribution is 2.17. The zero-order valence-electron chi connectivity index (χ0n) is 5.49. The molecule has 0 bridgehead atoms. The molecule has 0 aliphatic carbocycles. The molecule has 2 nitrogen and oxygen atoms in total. The summed E-state index contributed by atoms with van der Waals surface area (Å²) in [5.74, 6) is 0. The lowest BCUT2D eigenvalue weighted by Crippen LogP contribution is -2.01. The Balaban J connectivity index is 2.56. The molecule has 1 aromatic rings. The van der Waals surface area contributed by atoms with Crippen LogP contribution in [-0.2, 0) is 13.1 Å². The largest absolute Gasteiger partial charge is 0.365 e. The Morgan fingerprint density at radius 2 is 2.33 bits per heavy atom. The molecular formula is C7H10N2. The van der Waals surface area contributed by atoms with E-state index >= 15 is 0 Å². The molecule has 2 rings (SSSR count). The summed E-state index contributed by atoms with van der Waals surface area (Å²) in [5, 5.41) is 3.29. The van der Waals surface area contributed by atoms with Crippen LogP contribution in [0.4, 0.5) is 0 Å². The Morgan fingerprint density at radius 1 is 1.44 bits per heavy atom. The molecule has 2 N–H and O–H groups in total. The summed E-state index contributed by atoms with van der Waals surface area (Å²) in [4.78, 5) is 3.20. The quantitative estimate of drug-likeness (QED) is 0.526. The van der Waals surface area contributed by atoms with Crippen LogP contribution in [0.3, 0.4) is 0 Å². The van der Waals surface area contributed by atoms with E-state index in [4.69, 9.17) is 0 Å². The molecule has 0 saturated heterocycles. The maximum absolute atomic E-state index is 3.29. The Bertz CT molecular complexity index is 225. The lowest BCUT2D eigenvalue weighted by molar-refractivity contribution is 0.756. The van der Waals surface area contributed by atoms with E-state index in [0.717, 1.165) is 13.1 Å². The highest BCUT2D eigenvalue weighted by Gasteiger charge is 2.12. The molecule has 1 aliphatic heterocycles. The van der Waals surface area contributed by atoms with Crippen LogP contribution in [-0.4, -0.2) is 4.98 Å². The van der Waals surface area contributed by atoms with Crippen LogP contribution in [0.5, 0.6) is 0 Å². The fourth-order valence-corrected chi connectivity index (χ4v) is 1.34. The topological polar surface area (TPSA) is 27.8 Å². The highest BCUT2D eigenvalue weighted by atomic mass is 14.9. The van der Waals surface area contributed by atoms with E-state index in [0.29, 0.717) is 0 Å². The number of aromatic nitrogens is 1. The van der Waals surface area contributed by atoms with Crippen molar-refractivity contribution in [3.8, 4) is 0 Å². The van der Waals surface area contributed by atoms with Gasteiger partial charge in [-0.1, -0.05) is 0 Å². The van der Waals surface area contributed by atoms with Crippen LogP contribution < -0.4 is 5.32 Å². The van der Waals surface area contributed by atoms with E-state index in [9.17, 15) is 0 Å². The molecule has 0 radical (unpaired) electrons. The number of aromatic amines is 1. The van der Waals surface area contributed by atoms with Gasteiger partial charge in [0.05, 0.1) is 0 Å². The van der Waals surface area contributed by atoms with Gasteiger partial charge in [-0.15, -0.1) is 0 Å². The molecule has 0 spiro atoms. The molecule has 0 fully saturated rings. The molecule has 0 unspecified atom stereocenters. The smallest absolute Gasteiger partial charge is 0.0229 e. The summed E-state index contributed by atoms with van der Waals surface area (Å²) in [6.45, 7) is 4.20. The molecule has 48 valence electrons. The molecule has 0 amide bonds. The van der Waals surface area contributed by atoms with Gasteiger partial charge in [0.25, 0.3) is 0 Å². The molecule has 1 aromatic heterocycles. The van der Waals surface area contributed by atoms with Crippen molar-refractivity contribution in [3.05, 3.63) is 23.0 Å². The predicted molar refractivity (Wildman–Crippen MR) is 36.1 cm³/mol. The number of hydrogen-bond acceptors (Lipinski definition) is 1. The van der Waals surface area contributed by atoms with E-state index in [1.165, 1.54) is 16.8 Å². The van der Waals surface area contributed by atoms with Crippen LogP contribution >= 0.6 is 0 Å². The number of aryl methyl sites for hydroxylation is 1. The number of rotatable bonds is 0. The van der Waals surface area contributed by atoms with E-state index < -0.39 is 0 Å². The molecule has 2 heterocycles. The fraction of sp³-hybridized carbons (Fsp3) is 0.429. The Labute approximate surface area is 54.3 Å². The summed E-state index contributed by atoms with van der Waals surface area (Å²) in [7, 11) is 0. The van der Waals surface area contributed by atoms with Crippen molar-refractivity contribution >= 4 is 0 Å². The summed E-state index contributed by atoms with van der Waals surface area (Å²) in [6, 6.07) is 0. The average Bonchev–Trinajstić information content (AvgIpc) is 2.35. The molecule has 2 heteroatoms. The molecule has 0 aromatic carbocycles. The minimum atomic E-state index is 1.04.